The van der Waals surface area contributed by atoms with Crippen LogP contribution in [0.1, 0.15) is 22.4 Å². The van der Waals surface area contributed by atoms with E-state index in [0.29, 0.717) is 0 Å². The first-order valence-electron chi connectivity index (χ1n) is 4.90. The predicted octanol–water partition coefficient (Wildman–Crippen LogP) is 2.48. The van der Waals surface area contributed by atoms with Crippen molar-refractivity contribution in [3.8, 4) is 0 Å². The third kappa shape index (κ3) is 1.65. The number of fused-ring (bicyclic) bond motifs is 1. The van der Waals surface area contributed by atoms with Crippen LogP contribution in [0.2, 0.25) is 0 Å². The SMILES string of the molecule is Cc1scc2c1CCC(N(C)C)C2. The lowest BCUT2D eigenvalue weighted by Gasteiger charge is -2.28. The molecule has 1 aromatic heterocycles. The van der Waals surface area contributed by atoms with Gasteiger partial charge in [0.15, 0.2) is 0 Å². The zero-order valence-electron chi connectivity index (χ0n) is 8.63. The Bertz CT molecular complexity index is 301. The highest BCUT2D eigenvalue weighted by Gasteiger charge is 2.21. The molecule has 1 atom stereocenters. The first kappa shape index (κ1) is 9.22. The summed E-state index contributed by atoms with van der Waals surface area (Å²) in [5, 5.41) is 2.35. The standard InChI is InChI=1S/C11H17NS/c1-8-11-5-4-10(12(2)3)6-9(11)7-13-8/h7,10H,4-6H2,1-3H3. The molecule has 1 aromatic rings. The van der Waals surface area contributed by atoms with Gasteiger partial charge in [0.05, 0.1) is 0 Å². The van der Waals surface area contributed by atoms with Crippen molar-refractivity contribution in [2.24, 2.45) is 0 Å². The molecule has 0 bridgehead atoms. The molecular formula is C11H17NS. The third-order valence-electron chi connectivity index (χ3n) is 3.10. The van der Waals surface area contributed by atoms with E-state index >= 15 is 0 Å². The molecule has 72 valence electrons. The van der Waals surface area contributed by atoms with E-state index < -0.39 is 0 Å². The van der Waals surface area contributed by atoms with E-state index in [1.54, 1.807) is 11.1 Å². The summed E-state index contributed by atoms with van der Waals surface area (Å²) in [4.78, 5) is 3.89. The van der Waals surface area contributed by atoms with Crippen LogP contribution in [0, 0.1) is 6.92 Å². The number of nitrogens with zero attached hydrogens (tertiary/aromatic N) is 1. The molecule has 0 fully saturated rings. The normalized spacial score (nSPS) is 22.0. The maximum Gasteiger partial charge on any atom is 0.0133 e. The van der Waals surface area contributed by atoms with Gasteiger partial charge in [-0.2, -0.15) is 0 Å². The van der Waals surface area contributed by atoms with E-state index in [4.69, 9.17) is 0 Å². The molecule has 0 spiro atoms. The van der Waals surface area contributed by atoms with Crippen LogP contribution in [0.25, 0.3) is 0 Å². The Hall–Kier alpha value is -0.340. The number of likely N-dealkylation sites (N-methyl/N-ethyl adjacent to an activating group) is 1. The second-order valence-corrected chi connectivity index (χ2v) is 5.24. The van der Waals surface area contributed by atoms with Gasteiger partial charge in [-0.05, 0) is 56.8 Å². The topological polar surface area (TPSA) is 3.24 Å². The Morgan fingerprint density at radius 2 is 2.23 bits per heavy atom. The molecular weight excluding hydrogens is 178 g/mol. The van der Waals surface area contributed by atoms with Crippen molar-refractivity contribution in [1.82, 2.24) is 4.90 Å². The molecule has 1 unspecified atom stereocenters. The Morgan fingerprint density at radius 1 is 1.46 bits per heavy atom. The zero-order chi connectivity index (χ0) is 9.42. The lowest BCUT2D eigenvalue weighted by molar-refractivity contribution is 0.268. The van der Waals surface area contributed by atoms with Gasteiger partial charge in [0.1, 0.15) is 0 Å². The molecule has 13 heavy (non-hydrogen) atoms. The summed E-state index contributed by atoms with van der Waals surface area (Å²) in [7, 11) is 4.38. The molecule has 2 heteroatoms. The molecule has 0 amide bonds. The van der Waals surface area contributed by atoms with E-state index in [9.17, 15) is 0 Å². The van der Waals surface area contributed by atoms with Gasteiger partial charge in [-0.1, -0.05) is 0 Å². The highest BCUT2D eigenvalue weighted by atomic mass is 32.1. The fourth-order valence-electron chi connectivity index (χ4n) is 2.14. The second-order valence-electron chi connectivity index (χ2n) is 4.16. The highest BCUT2D eigenvalue weighted by molar-refractivity contribution is 7.10. The summed E-state index contributed by atoms with van der Waals surface area (Å²) in [5.41, 5.74) is 3.25. The van der Waals surface area contributed by atoms with Crippen LogP contribution in [-0.4, -0.2) is 25.0 Å². The van der Waals surface area contributed by atoms with E-state index in [0.717, 1.165) is 6.04 Å². The van der Waals surface area contributed by atoms with Crippen molar-refractivity contribution in [2.75, 3.05) is 14.1 Å². The minimum atomic E-state index is 0.765. The quantitative estimate of drug-likeness (QED) is 0.665. The van der Waals surface area contributed by atoms with Crippen LogP contribution in [0.3, 0.4) is 0 Å². The minimum absolute atomic E-state index is 0.765. The number of thiophene rings is 1. The molecule has 0 saturated carbocycles. The fraction of sp³-hybridized carbons (Fsp3) is 0.636. The maximum absolute atomic E-state index is 2.36. The monoisotopic (exact) mass is 195 g/mol. The summed E-state index contributed by atoms with van der Waals surface area (Å²) >= 11 is 1.92. The molecule has 0 aromatic carbocycles. The highest BCUT2D eigenvalue weighted by Crippen LogP contribution is 2.30. The van der Waals surface area contributed by atoms with Gasteiger partial charge in [-0.25, -0.2) is 0 Å². The van der Waals surface area contributed by atoms with Gasteiger partial charge in [0, 0.05) is 10.9 Å². The van der Waals surface area contributed by atoms with Gasteiger partial charge in [0.25, 0.3) is 0 Å². The largest absolute Gasteiger partial charge is 0.306 e. The molecule has 1 nitrogen and oxygen atoms in total. The first-order valence-corrected chi connectivity index (χ1v) is 5.78. The van der Waals surface area contributed by atoms with Crippen LogP contribution >= 0.6 is 11.3 Å². The Morgan fingerprint density at radius 3 is 2.92 bits per heavy atom. The smallest absolute Gasteiger partial charge is 0.0133 e. The average molecular weight is 195 g/mol. The Labute approximate surface area is 84.4 Å². The number of rotatable bonds is 1. The summed E-state index contributed by atoms with van der Waals surface area (Å²) in [6, 6.07) is 0.765. The zero-order valence-corrected chi connectivity index (χ0v) is 9.45. The minimum Gasteiger partial charge on any atom is -0.306 e. The summed E-state index contributed by atoms with van der Waals surface area (Å²) in [6.07, 6.45) is 3.87. The summed E-state index contributed by atoms with van der Waals surface area (Å²) in [6.45, 7) is 2.25. The van der Waals surface area contributed by atoms with Gasteiger partial charge >= 0.3 is 0 Å². The molecule has 2 rings (SSSR count). The number of hydrogen-bond donors (Lipinski definition) is 0. The molecule has 0 saturated heterocycles. The molecule has 1 aliphatic rings. The van der Waals surface area contributed by atoms with Crippen molar-refractivity contribution in [1.29, 1.82) is 0 Å². The van der Waals surface area contributed by atoms with Crippen LogP contribution in [0.5, 0.6) is 0 Å². The van der Waals surface area contributed by atoms with Crippen molar-refractivity contribution >= 4 is 11.3 Å². The van der Waals surface area contributed by atoms with E-state index in [1.165, 1.54) is 24.1 Å². The molecule has 0 N–H and O–H groups in total. The molecule has 0 radical (unpaired) electrons. The van der Waals surface area contributed by atoms with Crippen LogP contribution in [0.15, 0.2) is 5.38 Å². The molecule has 0 aliphatic heterocycles. The van der Waals surface area contributed by atoms with Crippen LogP contribution < -0.4 is 0 Å². The van der Waals surface area contributed by atoms with Gasteiger partial charge < -0.3 is 4.90 Å². The van der Waals surface area contributed by atoms with E-state index in [1.807, 2.05) is 11.3 Å². The summed E-state index contributed by atoms with van der Waals surface area (Å²) in [5.74, 6) is 0. The van der Waals surface area contributed by atoms with E-state index in [2.05, 4.69) is 31.3 Å². The Kier molecular flexibility index (Phi) is 2.43. The third-order valence-corrected chi connectivity index (χ3v) is 4.11. The summed E-state index contributed by atoms with van der Waals surface area (Å²) < 4.78 is 0. The van der Waals surface area contributed by atoms with Crippen molar-refractivity contribution < 1.29 is 0 Å². The van der Waals surface area contributed by atoms with E-state index in [-0.39, 0.29) is 0 Å². The Balaban J connectivity index is 2.21. The lowest BCUT2D eigenvalue weighted by atomic mass is 9.90. The first-order chi connectivity index (χ1) is 6.18. The predicted molar refractivity (Wildman–Crippen MR) is 58.6 cm³/mol. The van der Waals surface area contributed by atoms with Crippen LogP contribution in [-0.2, 0) is 12.8 Å². The molecule has 1 aliphatic carbocycles. The lowest BCUT2D eigenvalue weighted by Crippen LogP contribution is -2.33. The molecule has 1 heterocycles. The van der Waals surface area contributed by atoms with Crippen molar-refractivity contribution in [3.63, 3.8) is 0 Å². The van der Waals surface area contributed by atoms with Crippen LogP contribution in [0.4, 0.5) is 0 Å². The fourth-order valence-corrected chi connectivity index (χ4v) is 3.08. The van der Waals surface area contributed by atoms with Crippen molar-refractivity contribution in [2.45, 2.75) is 32.2 Å². The van der Waals surface area contributed by atoms with Crippen molar-refractivity contribution in [3.05, 3.63) is 21.4 Å². The maximum atomic E-state index is 2.36. The second kappa shape index (κ2) is 3.43. The number of hydrogen-bond acceptors (Lipinski definition) is 2. The van der Waals surface area contributed by atoms with Gasteiger partial charge in [-0.15, -0.1) is 11.3 Å². The average Bonchev–Trinajstić information content (AvgIpc) is 2.47. The van der Waals surface area contributed by atoms with Gasteiger partial charge in [0.2, 0.25) is 0 Å². The number of aryl methyl sites for hydroxylation is 1. The van der Waals surface area contributed by atoms with Gasteiger partial charge in [-0.3, -0.25) is 0 Å².